The third kappa shape index (κ3) is 1.88. The van der Waals surface area contributed by atoms with E-state index in [9.17, 15) is 0 Å². The molecular formula is C16H18N4O. The van der Waals surface area contributed by atoms with Crippen molar-refractivity contribution in [3.8, 4) is 11.4 Å². The van der Waals surface area contributed by atoms with Crippen molar-refractivity contribution in [1.82, 2.24) is 19.7 Å². The second-order valence-electron chi connectivity index (χ2n) is 5.86. The summed E-state index contributed by atoms with van der Waals surface area (Å²) in [6.45, 7) is 2.87. The topological polar surface area (TPSA) is 55.7 Å². The Bertz CT molecular complexity index is 796. The molecule has 0 radical (unpaired) electrons. The van der Waals surface area contributed by atoms with E-state index in [1.807, 2.05) is 13.1 Å². The molecule has 4 rings (SSSR count). The van der Waals surface area contributed by atoms with E-state index in [4.69, 9.17) is 9.72 Å². The first-order valence-corrected chi connectivity index (χ1v) is 7.29. The molecule has 108 valence electrons. The van der Waals surface area contributed by atoms with Gasteiger partial charge in [-0.2, -0.15) is 5.10 Å². The van der Waals surface area contributed by atoms with Crippen LogP contribution in [0.3, 0.4) is 0 Å². The number of nitrogens with zero attached hydrogens (tertiary/aromatic N) is 3. The van der Waals surface area contributed by atoms with Gasteiger partial charge in [0.2, 0.25) is 0 Å². The van der Waals surface area contributed by atoms with E-state index in [-0.39, 0.29) is 5.60 Å². The zero-order valence-electron chi connectivity index (χ0n) is 12.3. The largest absolute Gasteiger partial charge is 0.367 e. The monoisotopic (exact) mass is 282 g/mol. The summed E-state index contributed by atoms with van der Waals surface area (Å²) in [6.07, 6.45) is 4.11. The van der Waals surface area contributed by atoms with Crippen LogP contribution in [0, 0.1) is 0 Å². The second-order valence-corrected chi connectivity index (χ2v) is 5.86. The summed E-state index contributed by atoms with van der Waals surface area (Å²) in [4.78, 5) is 4.69. The molecule has 1 saturated heterocycles. The van der Waals surface area contributed by atoms with E-state index in [0.29, 0.717) is 0 Å². The van der Waals surface area contributed by atoms with Crippen LogP contribution < -0.4 is 0 Å². The molecule has 1 fully saturated rings. The summed E-state index contributed by atoms with van der Waals surface area (Å²) >= 11 is 0. The van der Waals surface area contributed by atoms with E-state index < -0.39 is 0 Å². The normalized spacial score (nSPS) is 22.2. The number of hydrogen-bond acceptors (Lipinski definition) is 3. The lowest BCUT2D eigenvalue weighted by Crippen LogP contribution is -2.21. The Balaban J connectivity index is 1.81. The molecule has 0 bridgehead atoms. The van der Waals surface area contributed by atoms with Gasteiger partial charge < -0.3 is 9.30 Å². The third-order valence-corrected chi connectivity index (χ3v) is 4.37. The van der Waals surface area contributed by atoms with Gasteiger partial charge in [-0.25, -0.2) is 4.98 Å². The molecule has 0 aliphatic carbocycles. The number of hydrogen-bond donors (Lipinski definition) is 1. The highest BCUT2D eigenvalue weighted by atomic mass is 16.5. The zero-order valence-corrected chi connectivity index (χ0v) is 12.3. The molecule has 1 aliphatic heterocycles. The summed E-state index contributed by atoms with van der Waals surface area (Å²) in [5, 5.41) is 8.65. The minimum absolute atomic E-state index is 0.324. The molecule has 21 heavy (non-hydrogen) atoms. The van der Waals surface area contributed by atoms with Gasteiger partial charge in [-0.15, -0.1) is 0 Å². The van der Waals surface area contributed by atoms with Gasteiger partial charge >= 0.3 is 0 Å². The van der Waals surface area contributed by atoms with Crippen molar-refractivity contribution in [1.29, 1.82) is 0 Å². The molecule has 1 atom stereocenters. The third-order valence-electron chi connectivity index (χ3n) is 4.37. The van der Waals surface area contributed by atoms with Crippen LogP contribution in [0.5, 0.6) is 0 Å². The Morgan fingerprint density at radius 3 is 3.05 bits per heavy atom. The van der Waals surface area contributed by atoms with Gasteiger partial charge in [-0.05, 0) is 31.9 Å². The SMILES string of the molecule is Cn1ccc2c(-c3n[nH]c(C4(C)CCCO4)n3)cccc21. The van der Waals surface area contributed by atoms with Crippen LogP contribution >= 0.6 is 0 Å². The number of rotatable bonds is 2. The lowest BCUT2D eigenvalue weighted by atomic mass is 10.0. The zero-order chi connectivity index (χ0) is 14.4. The molecule has 1 unspecified atom stereocenters. The van der Waals surface area contributed by atoms with Crippen molar-refractivity contribution < 1.29 is 4.74 Å². The fourth-order valence-electron chi connectivity index (χ4n) is 3.08. The number of fused-ring (bicyclic) bond motifs is 1. The van der Waals surface area contributed by atoms with E-state index in [1.54, 1.807) is 0 Å². The molecule has 2 aromatic heterocycles. The Morgan fingerprint density at radius 2 is 2.24 bits per heavy atom. The summed E-state index contributed by atoms with van der Waals surface area (Å²) in [5.41, 5.74) is 1.91. The highest BCUT2D eigenvalue weighted by Crippen LogP contribution is 2.35. The molecule has 1 aromatic carbocycles. The average Bonchev–Trinajstić information content (AvgIpc) is 3.19. The number of ether oxygens (including phenoxy) is 1. The Kier molecular flexibility index (Phi) is 2.65. The Morgan fingerprint density at radius 1 is 1.33 bits per heavy atom. The van der Waals surface area contributed by atoms with Gasteiger partial charge in [-0.1, -0.05) is 12.1 Å². The Hall–Kier alpha value is -2.14. The van der Waals surface area contributed by atoms with Crippen LogP contribution in [-0.4, -0.2) is 26.4 Å². The van der Waals surface area contributed by atoms with Crippen LogP contribution in [0.1, 0.15) is 25.6 Å². The highest BCUT2D eigenvalue weighted by molar-refractivity contribution is 5.93. The number of benzene rings is 1. The van der Waals surface area contributed by atoms with Crippen LogP contribution in [0.4, 0.5) is 0 Å². The maximum Gasteiger partial charge on any atom is 0.181 e. The molecule has 5 heteroatoms. The first-order chi connectivity index (χ1) is 10.2. The van der Waals surface area contributed by atoms with Crippen molar-refractivity contribution in [2.75, 3.05) is 6.61 Å². The molecule has 1 aliphatic rings. The smallest absolute Gasteiger partial charge is 0.181 e. The lowest BCUT2D eigenvalue weighted by molar-refractivity contribution is 0.00967. The van der Waals surface area contributed by atoms with Crippen molar-refractivity contribution in [3.05, 3.63) is 36.3 Å². The average molecular weight is 282 g/mol. The van der Waals surface area contributed by atoms with Crippen LogP contribution in [0.15, 0.2) is 30.5 Å². The minimum Gasteiger partial charge on any atom is -0.367 e. The second kappa shape index (κ2) is 4.43. The van der Waals surface area contributed by atoms with E-state index in [1.165, 1.54) is 10.9 Å². The highest BCUT2D eigenvalue weighted by Gasteiger charge is 2.35. The molecule has 1 N–H and O–H groups in total. The molecule has 0 amide bonds. The minimum atomic E-state index is -0.324. The van der Waals surface area contributed by atoms with Crippen LogP contribution in [0.2, 0.25) is 0 Å². The van der Waals surface area contributed by atoms with Crippen molar-refractivity contribution in [3.63, 3.8) is 0 Å². The fraction of sp³-hybridized carbons (Fsp3) is 0.375. The number of aryl methyl sites for hydroxylation is 1. The predicted molar refractivity (Wildman–Crippen MR) is 80.8 cm³/mol. The number of H-pyrrole nitrogens is 1. The molecule has 0 saturated carbocycles. The first-order valence-electron chi connectivity index (χ1n) is 7.29. The summed E-state index contributed by atoms with van der Waals surface area (Å²) in [6, 6.07) is 8.32. The molecule has 3 aromatic rings. The van der Waals surface area contributed by atoms with Gasteiger partial charge in [0.05, 0.1) is 0 Å². The van der Waals surface area contributed by atoms with E-state index in [0.717, 1.165) is 36.7 Å². The predicted octanol–water partition coefficient (Wildman–Crippen LogP) is 2.99. The standard InChI is InChI=1S/C16H18N4O/c1-16(8-4-10-21-16)15-17-14(18-19-15)12-5-3-6-13-11(12)7-9-20(13)2/h3,5-7,9H,4,8,10H2,1-2H3,(H,17,18,19). The van der Waals surface area contributed by atoms with Crippen LogP contribution in [0.25, 0.3) is 22.3 Å². The molecule has 0 spiro atoms. The molecule has 3 heterocycles. The van der Waals surface area contributed by atoms with Crippen LogP contribution in [-0.2, 0) is 17.4 Å². The number of nitrogens with one attached hydrogen (secondary N) is 1. The Labute approximate surface area is 123 Å². The molecular weight excluding hydrogens is 264 g/mol. The van der Waals surface area contributed by atoms with Gasteiger partial charge in [0.15, 0.2) is 11.6 Å². The van der Waals surface area contributed by atoms with Gasteiger partial charge in [0.25, 0.3) is 0 Å². The van der Waals surface area contributed by atoms with Crippen molar-refractivity contribution >= 4 is 10.9 Å². The number of aromatic nitrogens is 4. The quantitative estimate of drug-likeness (QED) is 0.786. The van der Waals surface area contributed by atoms with Crippen molar-refractivity contribution in [2.45, 2.75) is 25.4 Å². The number of aromatic amines is 1. The van der Waals surface area contributed by atoms with Gasteiger partial charge in [0.1, 0.15) is 5.60 Å². The van der Waals surface area contributed by atoms with Gasteiger partial charge in [-0.3, -0.25) is 5.10 Å². The first kappa shape index (κ1) is 12.6. The maximum atomic E-state index is 5.83. The summed E-state index contributed by atoms with van der Waals surface area (Å²) in [5.74, 6) is 1.56. The van der Waals surface area contributed by atoms with E-state index >= 15 is 0 Å². The van der Waals surface area contributed by atoms with E-state index in [2.05, 4.69) is 46.1 Å². The molecule has 5 nitrogen and oxygen atoms in total. The van der Waals surface area contributed by atoms with Crippen molar-refractivity contribution in [2.24, 2.45) is 7.05 Å². The summed E-state index contributed by atoms with van der Waals surface area (Å²) < 4.78 is 7.93. The maximum absolute atomic E-state index is 5.83. The van der Waals surface area contributed by atoms with Gasteiger partial charge in [0, 0.05) is 36.3 Å². The lowest BCUT2D eigenvalue weighted by Gasteiger charge is -2.19. The summed E-state index contributed by atoms with van der Waals surface area (Å²) in [7, 11) is 2.04. The fourth-order valence-corrected chi connectivity index (χ4v) is 3.08.